The molecule has 5 aromatic heterocycles. The van der Waals surface area contributed by atoms with E-state index in [1.54, 1.807) is 25.5 Å². The van der Waals surface area contributed by atoms with E-state index in [0.29, 0.717) is 12.1 Å². The van der Waals surface area contributed by atoms with Gasteiger partial charge in [-0.2, -0.15) is 5.10 Å². The number of ketones is 1. The van der Waals surface area contributed by atoms with E-state index in [9.17, 15) is 9.59 Å². The van der Waals surface area contributed by atoms with Gasteiger partial charge < -0.3 is 10.3 Å². The molecule has 1 amide bonds. The molecule has 1 aromatic carbocycles. The molecule has 0 spiro atoms. The van der Waals surface area contributed by atoms with E-state index < -0.39 is 0 Å². The lowest BCUT2D eigenvalue weighted by Crippen LogP contribution is -2.09. The van der Waals surface area contributed by atoms with Gasteiger partial charge in [0.05, 0.1) is 28.0 Å². The van der Waals surface area contributed by atoms with Crippen molar-refractivity contribution >= 4 is 50.7 Å². The summed E-state index contributed by atoms with van der Waals surface area (Å²) in [7, 11) is 0. The molecule has 3 N–H and O–H groups in total. The molecule has 0 saturated carbocycles. The van der Waals surface area contributed by atoms with Crippen molar-refractivity contribution in [3.63, 3.8) is 0 Å². The lowest BCUT2D eigenvalue weighted by molar-refractivity contribution is -0.115. The highest BCUT2D eigenvalue weighted by Crippen LogP contribution is 2.37. The molecule has 0 fully saturated rings. The number of Topliss-reactive ketones (excluding diaryl/α,β-unsaturated/α-hetero) is 1. The Labute approximate surface area is 215 Å². The van der Waals surface area contributed by atoms with Gasteiger partial charge in [0.2, 0.25) is 5.91 Å². The van der Waals surface area contributed by atoms with Gasteiger partial charge in [-0.15, -0.1) is 11.3 Å². The summed E-state index contributed by atoms with van der Waals surface area (Å²) in [6.45, 7) is 3.39. The Kier molecular flexibility index (Phi) is 5.61. The quantitative estimate of drug-likeness (QED) is 0.225. The Bertz CT molecular complexity index is 1810. The SMILES string of the molecule is CCC(=O)Nc1cncc(-c2ccc3[nH]nc(-c4cc5c(-c6ccc(C(C)=O)s6)ccnc5[nH]4)c3c2)c1. The molecule has 9 heteroatoms. The molecule has 5 heterocycles. The first-order chi connectivity index (χ1) is 18.0. The number of hydrogen-bond acceptors (Lipinski definition) is 6. The number of benzene rings is 1. The molecule has 6 rings (SSSR count). The van der Waals surface area contributed by atoms with Gasteiger partial charge in [-0.25, -0.2) is 4.98 Å². The molecule has 0 radical (unpaired) electrons. The van der Waals surface area contributed by atoms with Crippen LogP contribution in [0.25, 0.3) is 54.9 Å². The number of carbonyl (C=O) groups is 2. The van der Waals surface area contributed by atoms with E-state index in [1.165, 1.54) is 11.3 Å². The summed E-state index contributed by atoms with van der Waals surface area (Å²) in [6.07, 6.45) is 5.59. The van der Waals surface area contributed by atoms with E-state index in [0.717, 1.165) is 59.8 Å². The maximum Gasteiger partial charge on any atom is 0.224 e. The molecule has 0 aliphatic rings. The fourth-order valence-electron chi connectivity index (χ4n) is 4.36. The minimum atomic E-state index is -0.0571. The smallest absolute Gasteiger partial charge is 0.224 e. The highest BCUT2D eigenvalue weighted by molar-refractivity contribution is 7.17. The van der Waals surface area contributed by atoms with Crippen molar-refractivity contribution in [1.29, 1.82) is 0 Å². The van der Waals surface area contributed by atoms with E-state index in [4.69, 9.17) is 0 Å². The molecule has 0 aliphatic carbocycles. The number of aromatic amines is 2. The van der Waals surface area contributed by atoms with Crippen LogP contribution in [0.3, 0.4) is 0 Å². The van der Waals surface area contributed by atoms with Crippen molar-refractivity contribution < 1.29 is 9.59 Å². The van der Waals surface area contributed by atoms with Gasteiger partial charge in [-0.1, -0.05) is 13.0 Å². The topological polar surface area (TPSA) is 116 Å². The summed E-state index contributed by atoms with van der Waals surface area (Å²) < 4.78 is 0. The average Bonchev–Trinajstić information content (AvgIpc) is 3.66. The van der Waals surface area contributed by atoms with Crippen LogP contribution in [0.4, 0.5) is 5.69 Å². The minimum Gasteiger partial charge on any atom is -0.338 e. The number of nitrogens with one attached hydrogen (secondary N) is 3. The van der Waals surface area contributed by atoms with Gasteiger partial charge in [0.1, 0.15) is 11.3 Å². The second kappa shape index (κ2) is 9.11. The largest absolute Gasteiger partial charge is 0.338 e. The van der Waals surface area contributed by atoms with Gasteiger partial charge in [0.25, 0.3) is 0 Å². The minimum absolute atomic E-state index is 0.0571. The number of fused-ring (bicyclic) bond motifs is 2. The third-order valence-corrected chi connectivity index (χ3v) is 7.46. The number of nitrogens with zero attached hydrogens (tertiary/aromatic N) is 3. The number of rotatable bonds is 6. The van der Waals surface area contributed by atoms with Crippen LogP contribution in [0, 0.1) is 0 Å². The Hall–Kier alpha value is -4.63. The summed E-state index contributed by atoms with van der Waals surface area (Å²) in [5.41, 5.74) is 6.79. The van der Waals surface area contributed by atoms with Crippen molar-refractivity contribution in [2.24, 2.45) is 0 Å². The molecule has 0 atom stereocenters. The molecule has 37 heavy (non-hydrogen) atoms. The maximum absolute atomic E-state index is 11.8. The van der Waals surface area contributed by atoms with Crippen LogP contribution in [-0.4, -0.2) is 36.8 Å². The molecule has 6 aromatic rings. The van der Waals surface area contributed by atoms with Crippen molar-refractivity contribution in [2.75, 3.05) is 5.32 Å². The summed E-state index contributed by atoms with van der Waals surface area (Å²) in [5, 5.41) is 12.5. The third kappa shape index (κ3) is 4.19. The summed E-state index contributed by atoms with van der Waals surface area (Å²) >= 11 is 1.48. The van der Waals surface area contributed by atoms with Crippen molar-refractivity contribution in [2.45, 2.75) is 20.3 Å². The monoisotopic (exact) mass is 506 g/mol. The van der Waals surface area contributed by atoms with E-state index in [-0.39, 0.29) is 11.7 Å². The van der Waals surface area contributed by atoms with E-state index in [2.05, 4.69) is 42.6 Å². The maximum atomic E-state index is 11.8. The van der Waals surface area contributed by atoms with Crippen LogP contribution in [-0.2, 0) is 4.79 Å². The molecular formula is C28H22N6O2S. The Morgan fingerprint density at radius 2 is 1.89 bits per heavy atom. The number of aromatic nitrogens is 5. The van der Waals surface area contributed by atoms with Crippen molar-refractivity contribution in [3.05, 3.63) is 72.0 Å². The lowest BCUT2D eigenvalue weighted by Gasteiger charge is -2.06. The molecule has 0 unspecified atom stereocenters. The van der Waals surface area contributed by atoms with Crippen LogP contribution in [0.5, 0.6) is 0 Å². The summed E-state index contributed by atoms with van der Waals surface area (Å²) in [6, 6.07) is 15.8. The van der Waals surface area contributed by atoms with Gasteiger partial charge >= 0.3 is 0 Å². The second-order valence-corrected chi connectivity index (χ2v) is 9.80. The number of thiophene rings is 1. The van der Waals surface area contributed by atoms with Crippen LogP contribution in [0.1, 0.15) is 29.9 Å². The van der Waals surface area contributed by atoms with Crippen LogP contribution in [0.2, 0.25) is 0 Å². The third-order valence-electron chi connectivity index (χ3n) is 6.24. The number of carbonyl (C=O) groups excluding carboxylic acids is 2. The fourth-order valence-corrected chi connectivity index (χ4v) is 5.30. The van der Waals surface area contributed by atoms with Crippen LogP contribution >= 0.6 is 11.3 Å². The second-order valence-electron chi connectivity index (χ2n) is 8.72. The normalized spacial score (nSPS) is 11.3. The van der Waals surface area contributed by atoms with Gasteiger partial charge in [-0.05, 0) is 55.0 Å². The Morgan fingerprint density at radius 1 is 1.00 bits per heavy atom. The molecule has 182 valence electrons. The number of anilines is 1. The zero-order valence-corrected chi connectivity index (χ0v) is 20.9. The highest BCUT2D eigenvalue weighted by atomic mass is 32.1. The predicted octanol–water partition coefficient (Wildman–Crippen LogP) is 6.45. The standard InChI is InChI=1S/C28H22N6O2S/c1-3-26(36)31-18-10-17(13-29-14-18)16-4-5-22-21(11-16)27(34-33-22)23-12-20-19(8-9-30-28(20)32-23)25-7-6-24(37-25)15(2)35/h4-14H,3H2,1-2H3,(H,30,32)(H,31,36)(H,33,34). The zero-order chi connectivity index (χ0) is 25.5. The first kappa shape index (κ1) is 22.8. The number of hydrogen-bond donors (Lipinski definition) is 3. The Balaban J connectivity index is 1.42. The predicted molar refractivity (Wildman–Crippen MR) is 147 cm³/mol. The van der Waals surface area contributed by atoms with Crippen molar-refractivity contribution in [1.82, 2.24) is 25.1 Å². The molecule has 0 bridgehead atoms. The van der Waals surface area contributed by atoms with Crippen LogP contribution in [0.15, 0.2) is 67.1 Å². The first-order valence-corrected chi connectivity index (χ1v) is 12.6. The molecule has 0 saturated heterocycles. The summed E-state index contributed by atoms with van der Waals surface area (Å²) in [4.78, 5) is 37.6. The number of H-pyrrole nitrogens is 2. The first-order valence-electron chi connectivity index (χ1n) is 11.8. The number of pyridine rings is 2. The number of amides is 1. The summed E-state index contributed by atoms with van der Waals surface area (Å²) in [5.74, 6) is 0.00182. The van der Waals surface area contributed by atoms with Gasteiger partial charge in [0.15, 0.2) is 5.78 Å². The van der Waals surface area contributed by atoms with E-state index >= 15 is 0 Å². The molecular weight excluding hydrogens is 484 g/mol. The molecule has 8 nitrogen and oxygen atoms in total. The Morgan fingerprint density at radius 3 is 2.70 bits per heavy atom. The van der Waals surface area contributed by atoms with Crippen molar-refractivity contribution in [3.8, 4) is 33.0 Å². The van der Waals surface area contributed by atoms with Gasteiger partial charge in [0, 0.05) is 45.6 Å². The fraction of sp³-hybridized carbons (Fsp3) is 0.107. The lowest BCUT2D eigenvalue weighted by atomic mass is 10.0. The average molecular weight is 507 g/mol. The zero-order valence-electron chi connectivity index (χ0n) is 20.1. The van der Waals surface area contributed by atoms with Gasteiger partial charge in [-0.3, -0.25) is 19.7 Å². The van der Waals surface area contributed by atoms with Crippen LogP contribution < -0.4 is 5.32 Å². The van der Waals surface area contributed by atoms with E-state index in [1.807, 2.05) is 43.3 Å². The highest BCUT2D eigenvalue weighted by Gasteiger charge is 2.16. The molecule has 0 aliphatic heterocycles.